The van der Waals surface area contributed by atoms with Crippen molar-refractivity contribution in [3.05, 3.63) is 0 Å². The minimum Gasteiger partial charge on any atom is -0.480 e. The lowest BCUT2D eigenvalue weighted by molar-refractivity contribution is -0.143. The summed E-state index contributed by atoms with van der Waals surface area (Å²) in [5.41, 5.74) is 4.54. The van der Waals surface area contributed by atoms with E-state index in [0.29, 0.717) is 12.7 Å². The molecule has 0 heterocycles. The number of carboxylic acids is 1. The lowest BCUT2D eigenvalue weighted by Crippen LogP contribution is -2.54. The summed E-state index contributed by atoms with van der Waals surface area (Å²) in [6.45, 7) is 0.285. The second-order valence-electron chi connectivity index (χ2n) is 3.24. The van der Waals surface area contributed by atoms with E-state index in [9.17, 15) is 4.79 Å². The first kappa shape index (κ1) is 12.5. The van der Waals surface area contributed by atoms with Crippen molar-refractivity contribution >= 4 is 13.8 Å². The van der Waals surface area contributed by atoms with Gasteiger partial charge in [-0.05, 0) is 13.5 Å². The van der Waals surface area contributed by atoms with Gasteiger partial charge in [-0.25, -0.2) is 0 Å². The fourth-order valence-electron chi connectivity index (χ4n) is 1.17. The maximum atomic E-state index is 10.8. The van der Waals surface area contributed by atoms with Gasteiger partial charge in [0, 0.05) is 6.54 Å². The maximum Gasteiger partial charge on any atom is 0.325 e. The van der Waals surface area contributed by atoms with E-state index in [1.54, 1.807) is 7.05 Å². The molecule has 4 N–H and O–H groups in total. The first-order valence-electron chi connectivity index (χ1n) is 4.44. The van der Waals surface area contributed by atoms with Gasteiger partial charge in [0.15, 0.2) is 0 Å². The molecule has 0 aromatic carbocycles. The quantitative estimate of drug-likeness (QED) is 0.376. The highest BCUT2D eigenvalue weighted by atomic mass is 16.4. The van der Waals surface area contributed by atoms with Crippen molar-refractivity contribution in [1.82, 2.24) is 5.32 Å². The molecule has 0 aliphatic heterocycles. The third kappa shape index (κ3) is 4.29. The van der Waals surface area contributed by atoms with Crippen LogP contribution in [0.5, 0.6) is 0 Å². The van der Waals surface area contributed by atoms with Crippen molar-refractivity contribution in [1.29, 1.82) is 0 Å². The predicted octanol–water partition coefficient (Wildman–Crippen LogP) is -0.255. The predicted molar refractivity (Wildman–Crippen MR) is 52.9 cm³/mol. The first-order valence-corrected chi connectivity index (χ1v) is 4.44. The third-order valence-electron chi connectivity index (χ3n) is 2.00. The number of nitrogens with two attached hydrogens (primary N) is 1. The summed E-state index contributed by atoms with van der Waals surface area (Å²) < 4.78 is 0. The molecular weight excluding hydrogens is 167 g/mol. The van der Waals surface area contributed by atoms with Gasteiger partial charge in [-0.3, -0.25) is 4.79 Å². The molecule has 0 aromatic rings. The second-order valence-corrected chi connectivity index (χ2v) is 3.24. The Kier molecular flexibility index (Phi) is 5.74. The van der Waals surface area contributed by atoms with Crippen LogP contribution < -0.4 is 11.1 Å². The Balaban J connectivity index is 4.00. The SMILES string of the molecule is [B]CCCCC(N)(CNC)C(=O)O. The molecule has 0 spiro atoms. The van der Waals surface area contributed by atoms with E-state index in [4.69, 9.17) is 18.7 Å². The molecule has 0 aliphatic rings. The van der Waals surface area contributed by atoms with Gasteiger partial charge in [0.25, 0.3) is 0 Å². The highest BCUT2D eigenvalue weighted by molar-refractivity contribution is 6.08. The lowest BCUT2D eigenvalue weighted by Gasteiger charge is -2.24. The molecule has 5 heteroatoms. The maximum absolute atomic E-state index is 10.8. The molecule has 0 saturated carbocycles. The summed E-state index contributed by atoms with van der Waals surface area (Å²) in [7, 11) is 6.99. The van der Waals surface area contributed by atoms with E-state index < -0.39 is 11.5 Å². The number of carboxylic acid groups (broad SMARTS) is 1. The monoisotopic (exact) mass is 184 g/mol. The highest BCUT2D eigenvalue weighted by Gasteiger charge is 2.32. The van der Waals surface area contributed by atoms with Gasteiger partial charge in [-0.1, -0.05) is 19.2 Å². The number of hydrogen-bond donors (Lipinski definition) is 3. The molecule has 0 bridgehead atoms. The molecule has 0 aliphatic carbocycles. The normalized spacial score (nSPS) is 15.2. The van der Waals surface area contributed by atoms with Gasteiger partial charge in [0.05, 0.1) is 7.85 Å². The van der Waals surface area contributed by atoms with Crippen LogP contribution in [0.2, 0.25) is 6.32 Å². The highest BCUT2D eigenvalue weighted by Crippen LogP contribution is 2.11. The summed E-state index contributed by atoms with van der Waals surface area (Å²) in [5, 5.41) is 11.6. The van der Waals surface area contributed by atoms with Crippen LogP contribution in [-0.2, 0) is 4.79 Å². The van der Waals surface area contributed by atoms with Gasteiger partial charge < -0.3 is 16.2 Å². The minimum atomic E-state index is -1.15. The number of rotatable bonds is 7. The standard InChI is InChI=1S/C8H17BN2O2/c1-11-6-8(10,7(12)13)4-2-3-5-9/h11H,2-6,10H2,1H3,(H,12,13). The van der Waals surface area contributed by atoms with Crippen molar-refractivity contribution in [3.63, 3.8) is 0 Å². The molecule has 0 fully saturated rings. The Bertz CT molecular complexity index is 166. The van der Waals surface area contributed by atoms with Gasteiger partial charge in [-0.2, -0.15) is 0 Å². The number of hydrogen-bond acceptors (Lipinski definition) is 3. The van der Waals surface area contributed by atoms with Crippen molar-refractivity contribution in [2.75, 3.05) is 13.6 Å². The van der Waals surface area contributed by atoms with Crippen LogP contribution in [0.1, 0.15) is 19.3 Å². The van der Waals surface area contributed by atoms with E-state index in [1.165, 1.54) is 0 Å². The van der Waals surface area contributed by atoms with Crippen molar-refractivity contribution in [2.45, 2.75) is 31.1 Å². The molecule has 74 valence electrons. The summed E-state index contributed by atoms with van der Waals surface area (Å²) in [6, 6.07) is 0. The minimum absolute atomic E-state index is 0.285. The topological polar surface area (TPSA) is 75.3 Å². The van der Waals surface area contributed by atoms with E-state index in [-0.39, 0.29) is 6.54 Å². The van der Waals surface area contributed by atoms with Crippen molar-refractivity contribution in [2.24, 2.45) is 5.73 Å². The zero-order valence-corrected chi connectivity index (χ0v) is 8.05. The van der Waals surface area contributed by atoms with E-state index in [1.807, 2.05) is 0 Å². The molecule has 0 amide bonds. The Morgan fingerprint density at radius 2 is 2.23 bits per heavy atom. The second kappa shape index (κ2) is 5.99. The van der Waals surface area contributed by atoms with E-state index in [2.05, 4.69) is 5.32 Å². The summed E-state index contributed by atoms with van der Waals surface area (Å²) in [6.07, 6.45) is 2.60. The molecule has 4 nitrogen and oxygen atoms in total. The molecule has 0 rings (SSSR count). The first-order chi connectivity index (χ1) is 6.06. The third-order valence-corrected chi connectivity index (χ3v) is 2.00. The molecule has 0 aromatic heterocycles. The average Bonchev–Trinajstić information content (AvgIpc) is 2.05. The molecule has 1 atom stereocenters. The molecule has 2 radical (unpaired) electrons. The van der Waals surface area contributed by atoms with Gasteiger partial charge in [0.2, 0.25) is 0 Å². The number of unbranched alkanes of at least 4 members (excludes halogenated alkanes) is 1. The van der Waals surface area contributed by atoms with E-state index >= 15 is 0 Å². The fourth-order valence-corrected chi connectivity index (χ4v) is 1.17. The van der Waals surface area contributed by atoms with Gasteiger partial charge in [-0.15, -0.1) is 0 Å². The Hall–Kier alpha value is -0.545. The van der Waals surface area contributed by atoms with Crippen LogP contribution in [0.4, 0.5) is 0 Å². The zero-order valence-electron chi connectivity index (χ0n) is 8.05. The van der Waals surface area contributed by atoms with Crippen LogP contribution in [0, 0.1) is 0 Å². The summed E-state index contributed by atoms with van der Waals surface area (Å²) >= 11 is 0. The average molecular weight is 184 g/mol. The van der Waals surface area contributed by atoms with Crippen molar-refractivity contribution in [3.8, 4) is 0 Å². The summed E-state index contributed by atoms with van der Waals surface area (Å²) in [4.78, 5) is 10.8. The van der Waals surface area contributed by atoms with E-state index in [0.717, 1.165) is 12.8 Å². The molecule has 1 unspecified atom stereocenters. The lowest BCUT2D eigenvalue weighted by atomic mass is 9.90. The van der Waals surface area contributed by atoms with Gasteiger partial charge in [0.1, 0.15) is 5.54 Å². The van der Waals surface area contributed by atoms with Crippen LogP contribution in [0.25, 0.3) is 0 Å². The number of likely N-dealkylation sites (N-methyl/N-ethyl adjacent to an activating group) is 1. The zero-order chi connectivity index (χ0) is 10.3. The van der Waals surface area contributed by atoms with Crippen LogP contribution in [-0.4, -0.2) is 38.1 Å². The summed E-state index contributed by atoms with van der Waals surface area (Å²) in [5.74, 6) is -0.959. The largest absolute Gasteiger partial charge is 0.480 e. The van der Waals surface area contributed by atoms with Crippen LogP contribution in [0.3, 0.4) is 0 Å². The number of carbonyl (C=O) groups is 1. The molecular formula is C8H17BN2O2. The Morgan fingerprint density at radius 1 is 1.62 bits per heavy atom. The number of aliphatic carboxylic acids is 1. The smallest absolute Gasteiger partial charge is 0.325 e. The Labute approximate surface area is 80.3 Å². The number of nitrogens with one attached hydrogen (secondary N) is 1. The Morgan fingerprint density at radius 3 is 2.62 bits per heavy atom. The van der Waals surface area contributed by atoms with Crippen LogP contribution >= 0.6 is 0 Å². The molecule has 0 saturated heterocycles. The molecule has 13 heavy (non-hydrogen) atoms. The fraction of sp³-hybridized carbons (Fsp3) is 0.875. The van der Waals surface area contributed by atoms with Crippen LogP contribution in [0.15, 0.2) is 0 Å². The van der Waals surface area contributed by atoms with Crippen molar-refractivity contribution < 1.29 is 9.90 Å². The van der Waals surface area contributed by atoms with Gasteiger partial charge >= 0.3 is 5.97 Å².